The third kappa shape index (κ3) is 5.33. The minimum Gasteiger partial charge on any atom is -0.368 e. The summed E-state index contributed by atoms with van der Waals surface area (Å²) in [6.07, 6.45) is 7.66. The van der Waals surface area contributed by atoms with Gasteiger partial charge < -0.3 is 10.2 Å². The van der Waals surface area contributed by atoms with Crippen molar-refractivity contribution in [1.82, 2.24) is 10.2 Å². The molecule has 2 aromatic rings. The Kier molecular flexibility index (Phi) is 7.26. The maximum atomic E-state index is 13.4. The van der Waals surface area contributed by atoms with Gasteiger partial charge in [-0.2, -0.15) is 0 Å². The van der Waals surface area contributed by atoms with E-state index >= 15 is 0 Å². The van der Waals surface area contributed by atoms with Crippen molar-refractivity contribution in [3.63, 3.8) is 0 Å². The zero-order valence-corrected chi connectivity index (χ0v) is 18.9. The number of amides is 1. The number of anilines is 1. The highest BCUT2D eigenvalue weighted by molar-refractivity contribution is 7.17. The van der Waals surface area contributed by atoms with Crippen molar-refractivity contribution in [3.8, 4) is 0 Å². The molecule has 0 atom stereocenters. The van der Waals surface area contributed by atoms with E-state index in [1.54, 1.807) is 23.5 Å². The molecule has 0 unspecified atom stereocenters. The van der Waals surface area contributed by atoms with Crippen LogP contribution in [0.2, 0.25) is 0 Å². The van der Waals surface area contributed by atoms with Crippen molar-refractivity contribution in [3.05, 3.63) is 29.4 Å². The molecule has 1 aromatic heterocycles. The van der Waals surface area contributed by atoms with Gasteiger partial charge in [-0.1, -0.05) is 13.3 Å². The largest absolute Gasteiger partial charge is 0.368 e. The van der Waals surface area contributed by atoms with Crippen LogP contribution in [0, 0.1) is 11.7 Å². The van der Waals surface area contributed by atoms with Crippen LogP contribution in [0.1, 0.15) is 51.9 Å². The Morgan fingerprint density at radius 3 is 2.67 bits per heavy atom. The highest BCUT2D eigenvalue weighted by atomic mass is 32.1. The van der Waals surface area contributed by atoms with Crippen molar-refractivity contribution >= 4 is 33.0 Å². The van der Waals surface area contributed by atoms with E-state index in [-0.39, 0.29) is 11.7 Å². The molecule has 2 heterocycles. The Balaban J connectivity index is 1.16. The highest BCUT2D eigenvalue weighted by Crippen LogP contribution is 2.34. The third-order valence-corrected chi connectivity index (χ3v) is 7.83. The minimum absolute atomic E-state index is 0.168. The topological polar surface area (TPSA) is 35.6 Å². The molecule has 6 heteroatoms. The number of nitrogens with one attached hydrogen (secondary N) is 1. The molecule has 2 aliphatic rings. The van der Waals surface area contributed by atoms with Crippen molar-refractivity contribution in [1.29, 1.82) is 0 Å². The van der Waals surface area contributed by atoms with Gasteiger partial charge >= 0.3 is 0 Å². The summed E-state index contributed by atoms with van der Waals surface area (Å²) in [7, 11) is 0. The molecule has 30 heavy (non-hydrogen) atoms. The van der Waals surface area contributed by atoms with Gasteiger partial charge in [-0.05, 0) is 62.8 Å². The smallest absolute Gasteiger partial charge is 0.220 e. The molecule has 1 saturated carbocycles. The lowest BCUT2D eigenvalue weighted by Gasteiger charge is -2.36. The van der Waals surface area contributed by atoms with Crippen molar-refractivity contribution < 1.29 is 9.18 Å². The van der Waals surface area contributed by atoms with Gasteiger partial charge in [0, 0.05) is 54.1 Å². The lowest BCUT2D eigenvalue weighted by Crippen LogP contribution is -2.46. The van der Waals surface area contributed by atoms with Gasteiger partial charge in [0.15, 0.2) is 0 Å². The van der Waals surface area contributed by atoms with Crippen LogP contribution in [-0.4, -0.2) is 49.6 Å². The van der Waals surface area contributed by atoms with Gasteiger partial charge in [-0.3, -0.25) is 9.69 Å². The zero-order chi connectivity index (χ0) is 20.9. The number of thiophene rings is 1. The summed E-state index contributed by atoms with van der Waals surface area (Å²) in [5.74, 6) is 0.925. The van der Waals surface area contributed by atoms with Gasteiger partial charge in [0.2, 0.25) is 5.91 Å². The van der Waals surface area contributed by atoms with Crippen molar-refractivity contribution in [2.75, 3.05) is 37.6 Å². The van der Waals surface area contributed by atoms with E-state index in [1.165, 1.54) is 24.9 Å². The molecule has 1 N–H and O–H groups in total. The van der Waals surface area contributed by atoms with E-state index in [2.05, 4.69) is 27.4 Å². The predicted octanol–water partition coefficient (Wildman–Crippen LogP) is 5.03. The third-order valence-electron chi connectivity index (χ3n) is 6.90. The fourth-order valence-electron chi connectivity index (χ4n) is 4.92. The molecular weight excluding hydrogens is 397 g/mol. The Bertz CT molecular complexity index is 838. The van der Waals surface area contributed by atoms with E-state index < -0.39 is 0 Å². The maximum Gasteiger partial charge on any atom is 0.220 e. The SMILES string of the molecule is CC[C@H]1CC[C@H](NC(=O)CCCN2CCN(c3csc4cc(F)ccc34)CC2)CC1. The fourth-order valence-corrected chi connectivity index (χ4v) is 5.92. The molecule has 1 aromatic carbocycles. The number of halogens is 1. The Labute approximate surface area is 183 Å². The first kappa shape index (κ1) is 21.6. The number of carbonyl (C=O) groups excluding carboxylic acids is 1. The molecular formula is C24H34FN3OS. The summed E-state index contributed by atoms with van der Waals surface area (Å²) in [6, 6.07) is 5.48. The van der Waals surface area contributed by atoms with Crippen molar-refractivity contribution in [2.45, 2.75) is 57.9 Å². The number of hydrogen-bond acceptors (Lipinski definition) is 4. The van der Waals surface area contributed by atoms with E-state index in [1.807, 2.05) is 6.07 Å². The van der Waals surface area contributed by atoms with Crippen LogP contribution >= 0.6 is 11.3 Å². The van der Waals surface area contributed by atoms with E-state index in [4.69, 9.17) is 0 Å². The van der Waals surface area contributed by atoms with E-state index in [0.717, 1.165) is 68.0 Å². The highest BCUT2D eigenvalue weighted by Gasteiger charge is 2.22. The molecule has 0 bridgehead atoms. The average molecular weight is 432 g/mol. The fraction of sp³-hybridized carbons (Fsp3) is 0.625. The molecule has 4 nitrogen and oxygen atoms in total. The quantitative estimate of drug-likeness (QED) is 0.668. The van der Waals surface area contributed by atoms with Crippen LogP contribution in [0.5, 0.6) is 0 Å². The van der Waals surface area contributed by atoms with Crippen LogP contribution in [0.3, 0.4) is 0 Å². The van der Waals surface area contributed by atoms with Crippen molar-refractivity contribution in [2.24, 2.45) is 5.92 Å². The number of fused-ring (bicyclic) bond motifs is 1. The normalized spacial score (nSPS) is 23.1. The summed E-state index contributed by atoms with van der Waals surface area (Å²) < 4.78 is 14.4. The van der Waals surface area contributed by atoms with E-state index in [0.29, 0.717) is 12.5 Å². The molecule has 1 aliphatic heterocycles. The van der Waals surface area contributed by atoms with Gasteiger partial charge in [0.25, 0.3) is 0 Å². The monoisotopic (exact) mass is 431 g/mol. The van der Waals surface area contributed by atoms with Gasteiger partial charge in [0.1, 0.15) is 5.82 Å². The molecule has 0 radical (unpaired) electrons. The molecule has 1 aliphatic carbocycles. The second kappa shape index (κ2) is 10.1. The number of carbonyl (C=O) groups is 1. The first-order valence-corrected chi connectivity index (χ1v) is 12.4. The minimum atomic E-state index is -0.168. The Hall–Kier alpha value is -1.66. The predicted molar refractivity (Wildman–Crippen MR) is 124 cm³/mol. The number of rotatable bonds is 7. The second-order valence-corrected chi connectivity index (χ2v) is 9.80. The van der Waals surface area contributed by atoms with Crippen LogP contribution in [0.25, 0.3) is 10.1 Å². The van der Waals surface area contributed by atoms with Gasteiger partial charge in [-0.25, -0.2) is 4.39 Å². The second-order valence-electron chi connectivity index (χ2n) is 8.89. The standard InChI is InChI=1S/C24H34FN3OS/c1-2-18-5-8-20(9-6-18)26-24(29)4-3-11-27-12-14-28(15-13-27)22-17-30-23-16-19(25)7-10-21(22)23/h7,10,16-18,20H,2-6,8-9,11-15H2,1H3,(H,26,29)/t18-,20-. The molecule has 164 valence electrons. The maximum absolute atomic E-state index is 13.4. The summed E-state index contributed by atoms with van der Waals surface area (Å²) >= 11 is 1.62. The van der Waals surface area contributed by atoms with Crippen LogP contribution in [-0.2, 0) is 4.79 Å². The average Bonchev–Trinajstić information content (AvgIpc) is 3.18. The number of nitrogens with zero attached hydrogens (tertiary/aromatic N) is 2. The first-order valence-electron chi connectivity index (χ1n) is 11.6. The molecule has 0 spiro atoms. The number of hydrogen-bond donors (Lipinski definition) is 1. The summed E-state index contributed by atoms with van der Waals surface area (Å²) in [6.45, 7) is 7.25. The number of piperazine rings is 1. The summed E-state index contributed by atoms with van der Waals surface area (Å²) in [5, 5.41) is 6.56. The summed E-state index contributed by atoms with van der Waals surface area (Å²) in [4.78, 5) is 17.2. The zero-order valence-electron chi connectivity index (χ0n) is 18.0. The van der Waals surface area contributed by atoms with Gasteiger partial charge in [0.05, 0.1) is 5.69 Å². The molecule has 1 saturated heterocycles. The summed E-state index contributed by atoms with van der Waals surface area (Å²) in [5.41, 5.74) is 1.23. The molecule has 4 rings (SSSR count). The lowest BCUT2D eigenvalue weighted by molar-refractivity contribution is -0.122. The Morgan fingerprint density at radius 2 is 1.93 bits per heavy atom. The van der Waals surface area contributed by atoms with Crippen LogP contribution in [0.15, 0.2) is 23.6 Å². The van der Waals surface area contributed by atoms with E-state index in [9.17, 15) is 9.18 Å². The molecule has 2 fully saturated rings. The first-order chi connectivity index (χ1) is 14.6. The molecule has 1 amide bonds. The lowest BCUT2D eigenvalue weighted by atomic mass is 9.84. The number of benzene rings is 1. The Morgan fingerprint density at radius 1 is 1.17 bits per heavy atom. The van der Waals surface area contributed by atoms with Gasteiger partial charge in [-0.15, -0.1) is 11.3 Å². The van der Waals surface area contributed by atoms with Crippen LogP contribution < -0.4 is 10.2 Å². The van der Waals surface area contributed by atoms with Crippen LogP contribution in [0.4, 0.5) is 10.1 Å².